The van der Waals surface area contributed by atoms with Gasteiger partial charge in [0.2, 0.25) is 6.08 Å². The topological polar surface area (TPSA) is 38.7 Å². The Hall–Kier alpha value is -1.74. The van der Waals surface area contributed by atoms with Crippen LogP contribution in [0.15, 0.2) is 29.3 Å². The first-order valence-corrected chi connectivity index (χ1v) is 5.81. The van der Waals surface area contributed by atoms with Crippen LogP contribution in [0.1, 0.15) is 31.2 Å². The Morgan fingerprint density at radius 3 is 2.67 bits per heavy atom. The van der Waals surface area contributed by atoms with Crippen LogP contribution >= 0.6 is 0 Å². The number of benzene rings is 1. The highest BCUT2D eigenvalue weighted by Gasteiger charge is 2.35. The van der Waals surface area contributed by atoms with Crippen LogP contribution in [0.25, 0.3) is 0 Å². The Morgan fingerprint density at radius 1 is 1.33 bits per heavy atom. The highest BCUT2D eigenvalue weighted by Crippen LogP contribution is 2.42. The van der Waals surface area contributed by atoms with Crippen molar-refractivity contribution in [1.29, 1.82) is 0 Å². The number of ether oxygens (including phenoxy) is 1. The second kappa shape index (κ2) is 5.27. The zero-order chi connectivity index (χ0) is 13.0. The number of hydrogen-bond donors (Lipinski definition) is 0. The summed E-state index contributed by atoms with van der Waals surface area (Å²) < 4.78 is 28.7. The van der Waals surface area contributed by atoms with E-state index in [9.17, 15) is 13.6 Å². The lowest BCUT2D eigenvalue weighted by Crippen LogP contribution is -2.19. The largest absolute Gasteiger partial charge is 0.435 e. The summed E-state index contributed by atoms with van der Waals surface area (Å²) in [5.41, 5.74) is 0.130. The van der Waals surface area contributed by atoms with E-state index >= 15 is 0 Å². The first-order chi connectivity index (χ1) is 8.66. The SMILES string of the molecule is O=C=NC1(c2cccc(OC(F)F)c2)CCCC1. The maximum absolute atomic E-state index is 12.2. The van der Waals surface area contributed by atoms with Gasteiger partial charge in [0.15, 0.2) is 0 Å². The third kappa shape index (κ3) is 2.57. The summed E-state index contributed by atoms with van der Waals surface area (Å²) in [7, 11) is 0. The molecule has 1 aromatic carbocycles. The van der Waals surface area contributed by atoms with Crippen molar-refractivity contribution in [2.75, 3.05) is 0 Å². The summed E-state index contributed by atoms with van der Waals surface area (Å²) in [6.07, 6.45) is 5.00. The van der Waals surface area contributed by atoms with Gasteiger partial charge in [0, 0.05) is 0 Å². The van der Waals surface area contributed by atoms with Gasteiger partial charge in [-0.05, 0) is 30.5 Å². The molecule has 5 heteroatoms. The zero-order valence-corrected chi connectivity index (χ0v) is 9.73. The lowest BCUT2D eigenvalue weighted by Gasteiger charge is -2.23. The minimum atomic E-state index is -2.85. The molecule has 1 aliphatic rings. The predicted molar refractivity (Wildman–Crippen MR) is 61.3 cm³/mol. The monoisotopic (exact) mass is 253 g/mol. The Labute approximate surface area is 103 Å². The Morgan fingerprint density at radius 2 is 2.06 bits per heavy atom. The van der Waals surface area contributed by atoms with E-state index in [1.165, 1.54) is 12.1 Å². The van der Waals surface area contributed by atoms with E-state index < -0.39 is 12.2 Å². The molecule has 0 N–H and O–H groups in total. The van der Waals surface area contributed by atoms with Gasteiger partial charge in [-0.1, -0.05) is 25.0 Å². The number of alkyl halides is 2. The molecule has 1 fully saturated rings. The highest BCUT2D eigenvalue weighted by molar-refractivity contribution is 5.41. The quantitative estimate of drug-likeness (QED) is 0.609. The average molecular weight is 253 g/mol. The number of rotatable bonds is 4. The third-order valence-electron chi connectivity index (χ3n) is 3.29. The number of hydrogen-bond acceptors (Lipinski definition) is 3. The van der Waals surface area contributed by atoms with Crippen LogP contribution in [0.3, 0.4) is 0 Å². The molecule has 0 amide bonds. The minimum Gasteiger partial charge on any atom is -0.435 e. The molecule has 0 radical (unpaired) electrons. The van der Waals surface area contributed by atoms with Crippen LogP contribution in [0.2, 0.25) is 0 Å². The van der Waals surface area contributed by atoms with Gasteiger partial charge in [-0.3, -0.25) is 0 Å². The van der Waals surface area contributed by atoms with E-state index in [2.05, 4.69) is 9.73 Å². The smallest absolute Gasteiger partial charge is 0.387 e. The minimum absolute atomic E-state index is 0.0925. The van der Waals surface area contributed by atoms with Gasteiger partial charge in [0.1, 0.15) is 5.75 Å². The van der Waals surface area contributed by atoms with Gasteiger partial charge in [0.25, 0.3) is 0 Å². The van der Waals surface area contributed by atoms with E-state index in [-0.39, 0.29) is 5.75 Å². The second-order valence-electron chi connectivity index (χ2n) is 4.35. The van der Waals surface area contributed by atoms with Crippen LogP contribution in [0, 0.1) is 0 Å². The van der Waals surface area contributed by atoms with Crippen molar-refractivity contribution < 1.29 is 18.3 Å². The molecule has 2 rings (SSSR count). The molecular formula is C13H13F2NO2. The molecule has 1 aromatic rings. The van der Waals surface area contributed by atoms with Crippen molar-refractivity contribution >= 4 is 6.08 Å². The second-order valence-corrected chi connectivity index (χ2v) is 4.35. The summed E-state index contributed by atoms with van der Waals surface area (Å²) >= 11 is 0. The van der Waals surface area contributed by atoms with Crippen molar-refractivity contribution in [3.8, 4) is 5.75 Å². The van der Waals surface area contributed by atoms with Gasteiger partial charge in [0.05, 0.1) is 5.54 Å². The van der Waals surface area contributed by atoms with Gasteiger partial charge in [-0.25, -0.2) is 4.79 Å². The molecule has 0 heterocycles. The average Bonchev–Trinajstić information content (AvgIpc) is 2.79. The summed E-state index contributed by atoms with van der Waals surface area (Å²) in [5.74, 6) is 0.0925. The Balaban J connectivity index is 2.33. The molecular weight excluding hydrogens is 240 g/mol. The zero-order valence-electron chi connectivity index (χ0n) is 9.73. The maximum Gasteiger partial charge on any atom is 0.387 e. The van der Waals surface area contributed by atoms with Crippen LogP contribution in [0.5, 0.6) is 5.75 Å². The molecule has 0 saturated heterocycles. The number of aliphatic imine (C=N–C) groups is 1. The summed E-state index contributed by atoms with van der Waals surface area (Å²) in [6.45, 7) is -2.85. The number of nitrogens with zero attached hydrogens (tertiary/aromatic N) is 1. The first kappa shape index (κ1) is 12.7. The van der Waals surface area contributed by atoms with Gasteiger partial charge < -0.3 is 4.74 Å². The van der Waals surface area contributed by atoms with E-state index in [1.807, 2.05) is 0 Å². The van der Waals surface area contributed by atoms with Crippen molar-refractivity contribution in [3.63, 3.8) is 0 Å². The molecule has 3 nitrogen and oxygen atoms in total. The van der Waals surface area contributed by atoms with Crippen LogP contribution in [0.4, 0.5) is 8.78 Å². The van der Waals surface area contributed by atoms with Gasteiger partial charge in [-0.15, -0.1) is 0 Å². The van der Waals surface area contributed by atoms with E-state index in [0.717, 1.165) is 31.2 Å². The molecule has 96 valence electrons. The molecule has 1 saturated carbocycles. The molecule has 0 aromatic heterocycles. The standard InChI is InChI=1S/C13H13F2NO2/c14-12(15)18-11-5-3-4-10(8-11)13(16-9-17)6-1-2-7-13/h3-5,8,12H,1-2,6-7H2. The fourth-order valence-electron chi connectivity index (χ4n) is 2.47. The molecule has 0 unspecified atom stereocenters. The third-order valence-corrected chi connectivity index (χ3v) is 3.29. The molecule has 0 aliphatic heterocycles. The Bertz CT molecular complexity index is 464. The summed E-state index contributed by atoms with van der Waals surface area (Å²) in [4.78, 5) is 14.5. The van der Waals surface area contributed by atoms with Crippen LogP contribution < -0.4 is 4.74 Å². The molecule has 18 heavy (non-hydrogen) atoms. The van der Waals surface area contributed by atoms with E-state index in [1.54, 1.807) is 18.2 Å². The molecule has 0 spiro atoms. The number of halogens is 2. The fraction of sp³-hybridized carbons (Fsp3) is 0.462. The normalized spacial score (nSPS) is 17.5. The maximum atomic E-state index is 12.2. The lowest BCUT2D eigenvalue weighted by molar-refractivity contribution is -0.0499. The molecule has 1 aliphatic carbocycles. The van der Waals surface area contributed by atoms with Crippen molar-refractivity contribution in [3.05, 3.63) is 29.8 Å². The summed E-state index contributed by atoms with van der Waals surface area (Å²) in [5, 5.41) is 0. The predicted octanol–water partition coefficient (Wildman–Crippen LogP) is 3.39. The van der Waals surface area contributed by atoms with Crippen LogP contribution in [-0.4, -0.2) is 12.7 Å². The summed E-state index contributed by atoms with van der Waals surface area (Å²) in [6, 6.07) is 6.40. The lowest BCUT2D eigenvalue weighted by atomic mass is 9.89. The van der Waals surface area contributed by atoms with Crippen molar-refractivity contribution in [1.82, 2.24) is 0 Å². The number of isocyanates is 1. The Kier molecular flexibility index (Phi) is 3.72. The number of carbonyl (C=O) groups excluding carboxylic acids is 1. The molecule has 0 bridgehead atoms. The van der Waals surface area contributed by atoms with Crippen molar-refractivity contribution in [2.45, 2.75) is 37.8 Å². The molecule has 0 atom stereocenters. The fourth-order valence-corrected chi connectivity index (χ4v) is 2.47. The van der Waals surface area contributed by atoms with Crippen LogP contribution in [-0.2, 0) is 10.3 Å². The van der Waals surface area contributed by atoms with E-state index in [0.29, 0.717) is 0 Å². The highest BCUT2D eigenvalue weighted by atomic mass is 19.3. The van der Waals surface area contributed by atoms with Gasteiger partial charge >= 0.3 is 6.61 Å². The first-order valence-electron chi connectivity index (χ1n) is 5.81. The van der Waals surface area contributed by atoms with Gasteiger partial charge in [-0.2, -0.15) is 13.8 Å². The van der Waals surface area contributed by atoms with Crippen molar-refractivity contribution in [2.24, 2.45) is 4.99 Å². The van der Waals surface area contributed by atoms with E-state index in [4.69, 9.17) is 0 Å².